The van der Waals surface area contributed by atoms with E-state index in [9.17, 15) is 0 Å². The lowest BCUT2D eigenvalue weighted by atomic mass is 10.1. The van der Waals surface area contributed by atoms with Crippen LogP contribution in [0.15, 0.2) is 54.6 Å². The van der Waals surface area contributed by atoms with E-state index in [-0.39, 0.29) is 6.79 Å². The molecule has 30 heavy (non-hydrogen) atoms. The molecule has 1 aliphatic heterocycles. The van der Waals surface area contributed by atoms with Gasteiger partial charge in [0.1, 0.15) is 17.3 Å². The van der Waals surface area contributed by atoms with Crippen LogP contribution in [0.3, 0.4) is 0 Å². The van der Waals surface area contributed by atoms with Crippen molar-refractivity contribution in [1.29, 1.82) is 0 Å². The molecule has 3 heterocycles. The Balaban J connectivity index is 1.44. The lowest BCUT2D eigenvalue weighted by Gasteiger charge is -2.08. The first kappa shape index (κ1) is 18.1. The second-order valence-corrected chi connectivity index (χ2v) is 6.73. The highest BCUT2D eigenvalue weighted by atomic mass is 16.7. The van der Waals surface area contributed by atoms with E-state index in [1.807, 2.05) is 54.6 Å². The SMILES string of the molecule is COc1ccc(CNc2ccc3nc(-c4ccc5c(c4)OCO5)c(OC)n3n2)cc1. The highest BCUT2D eigenvalue weighted by Crippen LogP contribution is 2.38. The molecule has 8 heteroatoms. The summed E-state index contributed by atoms with van der Waals surface area (Å²) in [6.45, 7) is 0.862. The Morgan fingerprint density at radius 3 is 2.60 bits per heavy atom. The Morgan fingerprint density at radius 1 is 0.967 bits per heavy atom. The van der Waals surface area contributed by atoms with Gasteiger partial charge in [0.25, 0.3) is 0 Å². The number of ether oxygens (including phenoxy) is 4. The first-order valence-corrected chi connectivity index (χ1v) is 9.46. The van der Waals surface area contributed by atoms with Crippen LogP contribution >= 0.6 is 0 Å². The molecule has 0 fully saturated rings. The summed E-state index contributed by atoms with van der Waals surface area (Å²) in [7, 11) is 3.27. The van der Waals surface area contributed by atoms with Crippen molar-refractivity contribution < 1.29 is 18.9 Å². The minimum absolute atomic E-state index is 0.228. The largest absolute Gasteiger partial charge is 0.497 e. The van der Waals surface area contributed by atoms with Gasteiger partial charge in [-0.3, -0.25) is 0 Å². The highest BCUT2D eigenvalue weighted by molar-refractivity contribution is 5.72. The molecule has 0 saturated heterocycles. The summed E-state index contributed by atoms with van der Waals surface area (Å²) < 4.78 is 23.4. The Bertz CT molecular complexity index is 1200. The van der Waals surface area contributed by atoms with Crippen molar-refractivity contribution in [3.8, 4) is 34.4 Å². The fraction of sp³-hybridized carbons (Fsp3) is 0.182. The molecule has 0 unspecified atom stereocenters. The van der Waals surface area contributed by atoms with Crippen LogP contribution in [0.4, 0.5) is 5.82 Å². The van der Waals surface area contributed by atoms with Crippen molar-refractivity contribution in [3.63, 3.8) is 0 Å². The number of hydrogen-bond acceptors (Lipinski definition) is 7. The van der Waals surface area contributed by atoms with Crippen molar-refractivity contribution in [2.75, 3.05) is 26.3 Å². The van der Waals surface area contributed by atoms with Crippen LogP contribution in [-0.4, -0.2) is 35.6 Å². The van der Waals surface area contributed by atoms with Crippen LogP contribution < -0.4 is 24.3 Å². The zero-order chi connectivity index (χ0) is 20.5. The van der Waals surface area contributed by atoms with E-state index in [2.05, 4.69) is 10.4 Å². The standard InChI is InChI=1S/C22H20N4O4/c1-27-16-6-3-14(4-7-16)12-23-19-9-10-20-24-21(22(28-2)26(20)25-19)15-5-8-17-18(11-15)30-13-29-17/h3-11H,12-13H2,1-2H3,(H,23,25). The number of fused-ring (bicyclic) bond motifs is 2. The Hall–Kier alpha value is -3.94. The quantitative estimate of drug-likeness (QED) is 0.524. The molecule has 4 aromatic rings. The summed E-state index contributed by atoms with van der Waals surface area (Å²) in [4.78, 5) is 4.70. The van der Waals surface area contributed by atoms with Gasteiger partial charge < -0.3 is 24.3 Å². The van der Waals surface area contributed by atoms with Crippen molar-refractivity contribution in [2.24, 2.45) is 0 Å². The first-order chi connectivity index (χ1) is 14.7. The monoisotopic (exact) mass is 404 g/mol. The fourth-order valence-electron chi connectivity index (χ4n) is 3.36. The summed E-state index contributed by atoms with van der Waals surface area (Å²) >= 11 is 0. The molecule has 0 radical (unpaired) electrons. The van der Waals surface area contributed by atoms with E-state index in [4.69, 9.17) is 23.9 Å². The maximum Gasteiger partial charge on any atom is 0.243 e. The van der Waals surface area contributed by atoms with Gasteiger partial charge in [-0.25, -0.2) is 4.98 Å². The lowest BCUT2D eigenvalue weighted by Crippen LogP contribution is -2.04. The average molecular weight is 404 g/mol. The van der Waals surface area contributed by atoms with Crippen LogP contribution in [0, 0.1) is 0 Å². The van der Waals surface area contributed by atoms with Gasteiger partial charge in [-0.15, -0.1) is 5.10 Å². The zero-order valence-corrected chi connectivity index (χ0v) is 16.6. The lowest BCUT2D eigenvalue weighted by molar-refractivity contribution is 0.174. The molecular weight excluding hydrogens is 384 g/mol. The fourth-order valence-corrected chi connectivity index (χ4v) is 3.36. The number of aromatic nitrogens is 3. The molecule has 0 amide bonds. The second-order valence-electron chi connectivity index (χ2n) is 6.73. The van der Waals surface area contributed by atoms with E-state index in [0.29, 0.717) is 35.3 Å². The highest BCUT2D eigenvalue weighted by Gasteiger charge is 2.20. The summed E-state index contributed by atoms with van der Waals surface area (Å²) in [5, 5.41) is 7.98. The van der Waals surface area contributed by atoms with Gasteiger partial charge in [0.15, 0.2) is 17.1 Å². The number of benzene rings is 2. The molecule has 0 saturated carbocycles. The molecule has 0 aliphatic carbocycles. The molecule has 0 bridgehead atoms. The van der Waals surface area contributed by atoms with E-state index in [1.165, 1.54) is 0 Å². The molecule has 8 nitrogen and oxygen atoms in total. The van der Waals surface area contributed by atoms with Crippen LogP contribution in [0.5, 0.6) is 23.1 Å². The van der Waals surface area contributed by atoms with Crippen molar-refractivity contribution in [2.45, 2.75) is 6.54 Å². The number of nitrogens with zero attached hydrogens (tertiary/aromatic N) is 3. The third kappa shape index (κ3) is 3.22. The zero-order valence-electron chi connectivity index (χ0n) is 16.6. The predicted octanol–water partition coefficient (Wildman–Crippen LogP) is 3.75. The van der Waals surface area contributed by atoms with Gasteiger partial charge in [0.05, 0.1) is 14.2 Å². The smallest absolute Gasteiger partial charge is 0.243 e. The molecule has 1 N–H and O–H groups in total. The summed E-state index contributed by atoms with van der Waals surface area (Å²) in [5.41, 5.74) is 3.37. The van der Waals surface area contributed by atoms with E-state index < -0.39 is 0 Å². The second kappa shape index (κ2) is 7.47. The number of methoxy groups -OCH3 is 2. The number of anilines is 1. The van der Waals surface area contributed by atoms with Crippen molar-refractivity contribution >= 4 is 11.5 Å². The van der Waals surface area contributed by atoms with Crippen LogP contribution in [0.25, 0.3) is 16.9 Å². The van der Waals surface area contributed by atoms with E-state index in [1.54, 1.807) is 18.7 Å². The number of rotatable bonds is 6. The van der Waals surface area contributed by atoms with Gasteiger partial charge in [-0.2, -0.15) is 4.52 Å². The van der Waals surface area contributed by atoms with Crippen LogP contribution in [-0.2, 0) is 6.54 Å². The summed E-state index contributed by atoms with van der Waals surface area (Å²) in [6.07, 6.45) is 0. The predicted molar refractivity (Wildman–Crippen MR) is 111 cm³/mol. The third-order valence-corrected chi connectivity index (χ3v) is 4.91. The minimum atomic E-state index is 0.228. The number of nitrogens with one attached hydrogen (secondary N) is 1. The van der Waals surface area contributed by atoms with E-state index >= 15 is 0 Å². The number of imidazole rings is 1. The van der Waals surface area contributed by atoms with Crippen molar-refractivity contribution in [3.05, 3.63) is 60.2 Å². The molecule has 1 aliphatic rings. The molecule has 0 atom stereocenters. The maximum atomic E-state index is 5.64. The van der Waals surface area contributed by atoms with Gasteiger partial charge in [-0.05, 0) is 48.0 Å². The molecule has 5 rings (SSSR count). The molecule has 2 aromatic carbocycles. The maximum absolute atomic E-state index is 5.64. The van der Waals surface area contributed by atoms with Gasteiger partial charge in [0, 0.05) is 12.1 Å². The molecule has 152 valence electrons. The average Bonchev–Trinajstić information content (AvgIpc) is 3.41. The minimum Gasteiger partial charge on any atom is -0.497 e. The van der Waals surface area contributed by atoms with Gasteiger partial charge >= 0.3 is 0 Å². The summed E-state index contributed by atoms with van der Waals surface area (Å²) in [5.74, 6) is 3.52. The Labute approximate surface area is 173 Å². The van der Waals surface area contributed by atoms with E-state index in [0.717, 1.165) is 22.6 Å². The van der Waals surface area contributed by atoms with Crippen LogP contribution in [0.2, 0.25) is 0 Å². The molecular formula is C22H20N4O4. The topological polar surface area (TPSA) is 79.1 Å². The third-order valence-electron chi connectivity index (χ3n) is 4.91. The van der Waals surface area contributed by atoms with Crippen LogP contribution in [0.1, 0.15) is 5.56 Å². The number of hydrogen-bond donors (Lipinski definition) is 1. The van der Waals surface area contributed by atoms with Gasteiger partial charge in [-0.1, -0.05) is 12.1 Å². The normalized spacial score (nSPS) is 12.2. The molecule has 2 aromatic heterocycles. The Morgan fingerprint density at radius 2 is 1.80 bits per heavy atom. The van der Waals surface area contributed by atoms with Crippen molar-refractivity contribution in [1.82, 2.24) is 14.6 Å². The Kier molecular flexibility index (Phi) is 4.51. The summed E-state index contributed by atoms with van der Waals surface area (Å²) in [6, 6.07) is 17.4. The van der Waals surface area contributed by atoms with Gasteiger partial charge in [0.2, 0.25) is 12.7 Å². The molecule has 0 spiro atoms. The first-order valence-electron chi connectivity index (χ1n) is 9.46.